The molecule has 0 amide bonds. The highest BCUT2D eigenvalue weighted by Gasteiger charge is 2.26. The first kappa shape index (κ1) is 13.9. The number of hydrogen-bond donors (Lipinski definition) is 0. The molecule has 7 heteroatoms. The Hall–Kier alpha value is -3.48. The Bertz CT molecular complexity index is 1060. The van der Waals surface area contributed by atoms with Crippen LogP contribution < -0.4 is 0 Å². The largest absolute Gasteiger partial charge is 0.272 e. The Morgan fingerprint density at radius 3 is 3.00 bits per heavy atom. The molecule has 1 aliphatic carbocycles. The van der Waals surface area contributed by atoms with Crippen LogP contribution in [0.2, 0.25) is 0 Å². The number of allylic oxidation sites excluding steroid dienone is 4. The molecule has 3 aromatic rings. The summed E-state index contributed by atoms with van der Waals surface area (Å²) in [6.07, 6.45) is 11.6. The van der Waals surface area contributed by atoms with Crippen molar-refractivity contribution in [3.63, 3.8) is 0 Å². The van der Waals surface area contributed by atoms with Gasteiger partial charge < -0.3 is 0 Å². The van der Waals surface area contributed by atoms with Gasteiger partial charge in [0, 0.05) is 23.5 Å². The number of nitrogens with zero attached hydrogens (tertiary/aromatic N) is 7. The lowest BCUT2D eigenvalue weighted by Gasteiger charge is -2.08. The molecule has 120 valence electrons. The van der Waals surface area contributed by atoms with Gasteiger partial charge in [-0.25, -0.2) is 9.67 Å². The van der Waals surface area contributed by atoms with Crippen molar-refractivity contribution in [1.29, 1.82) is 0 Å². The van der Waals surface area contributed by atoms with Gasteiger partial charge in [-0.1, -0.05) is 25.1 Å². The fourth-order valence-corrected chi connectivity index (χ4v) is 2.91. The molecule has 1 atom stereocenters. The second-order valence-corrected chi connectivity index (χ2v) is 5.97. The molecule has 3 aromatic heterocycles. The van der Waals surface area contributed by atoms with E-state index in [4.69, 9.17) is 0 Å². The monoisotopic (exact) mass is 327 g/mol. The average molecular weight is 327 g/mol. The maximum atomic E-state index is 4.55. The van der Waals surface area contributed by atoms with Crippen LogP contribution >= 0.6 is 0 Å². The van der Waals surface area contributed by atoms with Gasteiger partial charge in [-0.3, -0.25) is 4.98 Å². The lowest BCUT2D eigenvalue weighted by atomic mass is 9.96. The summed E-state index contributed by atoms with van der Waals surface area (Å²) in [5.74, 6) is 1.33. The molecule has 25 heavy (non-hydrogen) atoms. The van der Waals surface area contributed by atoms with E-state index in [0.29, 0.717) is 17.7 Å². The summed E-state index contributed by atoms with van der Waals surface area (Å²) in [6.45, 7) is 2.12. The van der Waals surface area contributed by atoms with Crippen LogP contribution in [0, 0.1) is 5.92 Å². The van der Waals surface area contributed by atoms with Gasteiger partial charge in [-0.15, -0.1) is 10.2 Å². The van der Waals surface area contributed by atoms with Crippen molar-refractivity contribution in [2.24, 2.45) is 10.9 Å². The highest BCUT2D eigenvalue weighted by atomic mass is 15.4. The Morgan fingerprint density at radius 2 is 2.12 bits per heavy atom. The molecule has 0 spiro atoms. The Kier molecular flexibility index (Phi) is 2.93. The van der Waals surface area contributed by atoms with Gasteiger partial charge in [0.2, 0.25) is 0 Å². The molecule has 0 radical (unpaired) electrons. The lowest BCUT2D eigenvalue weighted by Crippen LogP contribution is -2.06. The summed E-state index contributed by atoms with van der Waals surface area (Å²) in [4.78, 5) is 13.4. The van der Waals surface area contributed by atoms with Crippen LogP contribution in [0.3, 0.4) is 0 Å². The molecule has 0 saturated carbocycles. The van der Waals surface area contributed by atoms with Crippen molar-refractivity contribution < 1.29 is 0 Å². The minimum Gasteiger partial charge on any atom is -0.256 e. The number of aliphatic imine (C=N–C) groups is 1. The van der Waals surface area contributed by atoms with Gasteiger partial charge in [-0.05, 0) is 24.1 Å². The van der Waals surface area contributed by atoms with Gasteiger partial charge in [0.15, 0.2) is 5.82 Å². The van der Waals surface area contributed by atoms with Crippen molar-refractivity contribution >= 4 is 17.1 Å². The molecular weight excluding hydrogens is 314 g/mol. The maximum Gasteiger partial charge on any atom is 0.272 e. The SMILES string of the molecule is CC1C=CC2=Nc3nc(-n4cc(-c5ccccn5)cn4)nnc3C2=C1. The number of aromatic nitrogens is 6. The molecule has 5 rings (SSSR count). The van der Waals surface area contributed by atoms with Gasteiger partial charge >= 0.3 is 0 Å². The van der Waals surface area contributed by atoms with E-state index in [1.807, 2.05) is 30.5 Å². The second-order valence-electron chi connectivity index (χ2n) is 5.97. The van der Waals surface area contributed by atoms with Crippen molar-refractivity contribution in [2.45, 2.75) is 6.92 Å². The minimum absolute atomic E-state index is 0.355. The molecule has 4 heterocycles. The molecule has 1 unspecified atom stereocenters. The summed E-state index contributed by atoms with van der Waals surface area (Å²) in [6, 6.07) is 5.75. The summed E-state index contributed by atoms with van der Waals surface area (Å²) in [5, 5.41) is 12.9. The molecule has 0 fully saturated rings. The summed E-state index contributed by atoms with van der Waals surface area (Å²) in [7, 11) is 0. The Morgan fingerprint density at radius 1 is 1.16 bits per heavy atom. The second kappa shape index (κ2) is 5.27. The van der Waals surface area contributed by atoms with E-state index in [9.17, 15) is 0 Å². The molecule has 7 nitrogen and oxygen atoms in total. The zero-order valence-corrected chi connectivity index (χ0v) is 13.4. The molecule has 0 aromatic carbocycles. The zero-order valence-electron chi connectivity index (χ0n) is 13.4. The normalized spacial score (nSPS) is 17.7. The van der Waals surface area contributed by atoms with E-state index < -0.39 is 0 Å². The first-order chi connectivity index (χ1) is 12.3. The van der Waals surface area contributed by atoms with E-state index in [0.717, 1.165) is 28.2 Å². The van der Waals surface area contributed by atoms with Gasteiger partial charge in [-0.2, -0.15) is 10.1 Å². The van der Waals surface area contributed by atoms with E-state index >= 15 is 0 Å². The van der Waals surface area contributed by atoms with Crippen LogP contribution in [0.15, 0.2) is 60.0 Å². The highest BCUT2D eigenvalue weighted by Crippen LogP contribution is 2.34. The predicted molar refractivity (Wildman–Crippen MR) is 93.6 cm³/mol. The van der Waals surface area contributed by atoms with Crippen LogP contribution in [0.25, 0.3) is 22.8 Å². The third-order valence-corrected chi connectivity index (χ3v) is 4.15. The first-order valence-electron chi connectivity index (χ1n) is 7.98. The van der Waals surface area contributed by atoms with E-state index in [1.165, 1.54) is 0 Å². The standard InChI is InChI=1S/C18H13N7/c1-11-5-6-15-13(8-11)16-17(21-15)22-18(24-23-16)25-10-12(9-20-25)14-4-2-3-7-19-14/h2-11H,1H3. The molecule has 0 saturated heterocycles. The van der Waals surface area contributed by atoms with Crippen LogP contribution in [-0.2, 0) is 0 Å². The quantitative estimate of drug-likeness (QED) is 0.723. The molecule has 1 aliphatic heterocycles. The lowest BCUT2D eigenvalue weighted by molar-refractivity contribution is 0.771. The van der Waals surface area contributed by atoms with Gasteiger partial charge in [0.1, 0.15) is 5.69 Å². The number of fused-ring (bicyclic) bond motifs is 3. The van der Waals surface area contributed by atoms with Crippen molar-refractivity contribution in [2.75, 3.05) is 0 Å². The van der Waals surface area contributed by atoms with Gasteiger partial charge in [0.05, 0.1) is 17.6 Å². The van der Waals surface area contributed by atoms with E-state index in [-0.39, 0.29) is 0 Å². The predicted octanol–water partition coefficient (Wildman–Crippen LogP) is 2.79. The molecule has 2 aliphatic rings. The molecule has 0 N–H and O–H groups in total. The molecule has 0 bridgehead atoms. The number of hydrogen-bond acceptors (Lipinski definition) is 6. The smallest absolute Gasteiger partial charge is 0.256 e. The number of pyridine rings is 1. The minimum atomic E-state index is 0.355. The average Bonchev–Trinajstić information content (AvgIpc) is 3.26. The van der Waals surface area contributed by atoms with Crippen molar-refractivity contribution in [3.05, 3.63) is 60.7 Å². The van der Waals surface area contributed by atoms with Crippen LogP contribution in [0.5, 0.6) is 0 Å². The third-order valence-electron chi connectivity index (χ3n) is 4.15. The Labute approximate surface area is 143 Å². The van der Waals surface area contributed by atoms with E-state index in [1.54, 1.807) is 17.1 Å². The van der Waals surface area contributed by atoms with Crippen molar-refractivity contribution in [3.8, 4) is 17.2 Å². The van der Waals surface area contributed by atoms with Gasteiger partial charge in [0.25, 0.3) is 5.95 Å². The zero-order chi connectivity index (χ0) is 16.8. The highest BCUT2D eigenvalue weighted by molar-refractivity contribution is 6.33. The summed E-state index contributed by atoms with van der Waals surface area (Å²) < 4.78 is 1.59. The van der Waals surface area contributed by atoms with Crippen LogP contribution in [-0.4, -0.2) is 35.7 Å². The first-order valence-corrected chi connectivity index (χ1v) is 7.98. The number of rotatable bonds is 2. The fraction of sp³-hybridized carbons (Fsp3) is 0.111. The van der Waals surface area contributed by atoms with Crippen LogP contribution in [0.1, 0.15) is 12.6 Å². The maximum absolute atomic E-state index is 4.55. The topological polar surface area (TPSA) is 81.7 Å². The van der Waals surface area contributed by atoms with Crippen LogP contribution in [0.4, 0.5) is 5.82 Å². The summed E-state index contributed by atoms with van der Waals surface area (Å²) in [5.41, 5.74) is 4.36. The van der Waals surface area contributed by atoms with E-state index in [2.05, 4.69) is 49.3 Å². The Balaban J connectivity index is 1.54. The third kappa shape index (κ3) is 2.28. The molecular formula is C18H13N7. The summed E-state index contributed by atoms with van der Waals surface area (Å²) >= 11 is 0. The van der Waals surface area contributed by atoms with Crippen molar-refractivity contribution in [1.82, 2.24) is 29.9 Å². The fourth-order valence-electron chi connectivity index (χ4n) is 2.91.